The first-order chi connectivity index (χ1) is 18.5. The monoisotopic (exact) mass is 566 g/mol. The average Bonchev–Trinajstić information content (AvgIpc) is 3.42. The van der Waals surface area contributed by atoms with Gasteiger partial charge in [-0.15, -0.1) is 0 Å². The predicted molar refractivity (Wildman–Crippen MR) is 138 cm³/mol. The molecule has 0 radical (unpaired) electrons. The number of ether oxygens (including phenoxy) is 2. The van der Waals surface area contributed by atoms with E-state index in [1.807, 2.05) is 5.48 Å². The van der Waals surface area contributed by atoms with Gasteiger partial charge in [0.15, 0.2) is 12.0 Å². The van der Waals surface area contributed by atoms with Crippen molar-refractivity contribution in [3.8, 4) is 5.75 Å². The van der Waals surface area contributed by atoms with E-state index < -0.39 is 57.0 Å². The Morgan fingerprint density at radius 2 is 1.90 bits per heavy atom. The molecule has 0 aliphatic carbocycles. The maximum atomic E-state index is 13.7. The Labute approximate surface area is 223 Å². The van der Waals surface area contributed by atoms with Crippen LogP contribution in [0, 0.1) is 0 Å². The fraction of sp³-hybridized carbons (Fsp3) is 0.435. The molecule has 2 aromatic heterocycles. The number of carbonyl (C=O) groups is 1. The van der Waals surface area contributed by atoms with E-state index in [-0.39, 0.29) is 23.2 Å². The zero-order valence-corrected chi connectivity index (χ0v) is 22.3. The van der Waals surface area contributed by atoms with Crippen LogP contribution in [0.15, 0.2) is 42.6 Å². The van der Waals surface area contributed by atoms with Crippen molar-refractivity contribution in [1.29, 1.82) is 0 Å². The van der Waals surface area contributed by atoms with E-state index in [2.05, 4.69) is 15.1 Å². The standard InChI is InChI=1S/C23H31N6O9P/c1-12(2)36-22(32)13(3)28-39(34,38-14-7-5-4-6-8-14)35-11-16-17(30)18(31)21(37-16)29-10-9-15-19(27-33)25-23(24)26-20(15)29/h4-10,12-13,16-18,21,30-31,33H,11H2,1-3H3,(H,28,34)(H3,24,25,26,27)/t13-,16-,17-,18-,21-,39?/m1/s1. The molecule has 1 saturated heterocycles. The van der Waals surface area contributed by atoms with Crippen LogP contribution in [0.5, 0.6) is 5.75 Å². The van der Waals surface area contributed by atoms with Gasteiger partial charge in [0.25, 0.3) is 0 Å². The first kappa shape index (κ1) is 28.7. The summed E-state index contributed by atoms with van der Waals surface area (Å²) in [4.78, 5) is 20.4. The van der Waals surface area contributed by atoms with Crippen molar-refractivity contribution < 1.29 is 43.3 Å². The lowest BCUT2D eigenvalue weighted by Crippen LogP contribution is -2.38. The van der Waals surface area contributed by atoms with Crippen molar-refractivity contribution in [3.63, 3.8) is 0 Å². The lowest BCUT2D eigenvalue weighted by Gasteiger charge is -2.25. The Hall–Kier alpha value is -3.30. The fourth-order valence-corrected chi connectivity index (χ4v) is 5.45. The van der Waals surface area contributed by atoms with E-state index in [4.69, 9.17) is 24.3 Å². The van der Waals surface area contributed by atoms with E-state index in [0.29, 0.717) is 5.39 Å². The molecule has 39 heavy (non-hydrogen) atoms. The molecule has 3 heterocycles. The topological polar surface area (TPSA) is 213 Å². The number of rotatable bonds is 11. The molecule has 3 aromatic rings. The van der Waals surface area contributed by atoms with Gasteiger partial charge in [-0.25, -0.2) is 4.57 Å². The Bertz CT molecular complexity index is 1340. The van der Waals surface area contributed by atoms with Crippen molar-refractivity contribution >= 4 is 36.5 Å². The number of benzene rings is 1. The summed E-state index contributed by atoms with van der Waals surface area (Å²) < 4.78 is 37.3. The van der Waals surface area contributed by atoms with Crippen molar-refractivity contribution in [2.24, 2.45) is 0 Å². The molecule has 1 aromatic carbocycles. The van der Waals surface area contributed by atoms with Gasteiger partial charge in [-0.05, 0) is 39.0 Å². The summed E-state index contributed by atoms with van der Waals surface area (Å²) in [7, 11) is -4.23. The fourth-order valence-electron chi connectivity index (χ4n) is 3.94. The minimum Gasteiger partial charge on any atom is -0.462 e. The van der Waals surface area contributed by atoms with E-state index in [1.54, 1.807) is 50.2 Å². The summed E-state index contributed by atoms with van der Waals surface area (Å²) in [5.41, 5.74) is 7.87. The molecule has 15 nitrogen and oxygen atoms in total. The highest BCUT2D eigenvalue weighted by Gasteiger charge is 2.46. The third-order valence-corrected chi connectivity index (χ3v) is 7.38. The van der Waals surface area contributed by atoms with Crippen LogP contribution in [0.4, 0.5) is 11.8 Å². The number of hydrogen-bond donors (Lipinski definition) is 6. The third-order valence-electron chi connectivity index (χ3n) is 5.74. The number of esters is 1. The van der Waals surface area contributed by atoms with Gasteiger partial charge < -0.3 is 34.5 Å². The number of aliphatic hydroxyl groups is 2. The summed E-state index contributed by atoms with van der Waals surface area (Å²) in [6.45, 7) is 4.31. The van der Waals surface area contributed by atoms with Crippen molar-refractivity contribution in [3.05, 3.63) is 42.6 Å². The molecular weight excluding hydrogens is 535 g/mol. The minimum absolute atomic E-state index is 0.0411. The van der Waals surface area contributed by atoms with E-state index in [0.717, 1.165) is 0 Å². The van der Waals surface area contributed by atoms with Crippen molar-refractivity contribution in [2.75, 3.05) is 17.8 Å². The zero-order valence-electron chi connectivity index (χ0n) is 21.4. The summed E-state index contributed by atoms with van der Waals surface area (Å²) in [5.74, 6) is -0.579. The molecule has 0 saturated carbocycles. The van der Waals surface area contributed by atoms with E-state index in [1.165, 1.54) is 17.7 Å². The number of nitrogen functional groups attached to an aromatic ring is 1. The number of aromatic nitrogens is 3. The van der Waals surface area contributed by atoms with Crippen LogP contribution in [0.1, 0.15) is 27.0 Å². The highest BCUT2D eigenvalue weighted by atomic mass is 31.2. The molecule has 1 fully saturated rings. The van der Waals surface area contributed by atoms with Crippen LogP contribution < -0.4 is 20.8 Å². The largest absolute Gasteiger partial charge is 0.462 e. The number of nitrogens with two attached hydrogens (primary N) is 1. The Kier molecular flexibility index (Phi) is 8.71. The van der Waals surface area contributed by atoms with Crippen LogP contribution in [-0.4, -0.2) is 73.0 Å². The molecule has 1 unspecified atom stereocenters. The van der Waals surface area contributed by atoms with Gasteiger partial charge in [0.05, 0.1) is 18.1 Å². The van der Waals surface area contributed by atoms with Gasteiger partial charge in [-0.3, -0.25) is 20.0 Å². The van der Waals surface area contributed by atoms with Gasteiger partial charge in [0.1, 0.15) is 35.8 Å². The molecular formula is C23H31N6O9P. The summed E-state index contributed by atoms with van der Waals surface area (Å²) in [5, 5.41) is 33.7. The number of carbonyl (C=O) groups excluding carboxylic acids is 1. The highest BCUT2D eigenvalue weighted by Crippen LogP contribution is 2.46. The van der Waals surface area contributed by atoms with Gasteiger partial charge >= 0.3 is 13.7 Å². The Balaban J connectivity index is 1.52. The highest BCUT2D eigenvalue weighted by molar-refractivity contribution is 7.52. The number of hydrogen-bond acceptors (Lipinski definition) is 13. The summed E-state index contributed by atoms with van der Waals surface area (Å²) >= 11 is 0. The maximum absolute atomic E-state index is 13.7. The molecule has 0 spiro atoms. The molecule has 7 N–H and O–H groups in total. The van der Waals surface area contributed by atoms with Crippen molar-refractivity contribution in [2.45, 2.75) is 57.5 Å². The Morgan fingerprint density at radius 3 is 2.56 bits per heavy atom. The molecule has 0 bridgehead atoms. The third kappa shape index (κ3) is 6.47. The molecule has 1 aliphatic heterocycles. The Morgan fingerprint density at radius 1 is 1.18 bits per heavy atom. The minimum atomic E-state index is -4.23. The second kappa shape index (κ2) is 11.8. The SMILES string of the molecule is CC(C)OC(=O)[C@@H](C)NP(=O)(OC[C@H]1O[C@@H](n2ccc3c(NO)nc(N)nc32)[C@H](O)[C@@H]1O)Oc1ccccc1. The van der Waals surface area contributed by atoms with Crippen LogP contribution in [0.2, 0.25) is 0 Å². The van der Waals surface area contributed by atoms with Crippen LogP contribution >= 0.6 is 7.75 Å². The zero-order chi connectivity index (χ0) is 28.3. The second-order valence-electron chi connectivity index (χ2n) is 9.08. The number of para-hydroxylation sites is 1. The smallest absolute Gasteiger partial charge is 0.459 e. The lowest BCUT2D eigenvalue weighted by atomic mass is 10.1. The molecule has 1 aliphatic rings. The number of nitrogens with one attached hydrogen (secondary N) is 2. The molecule has 6 atom stereocenters. The first-order valence-electron chi connectivity index (χ1n) is 12.0. The summed E-state index contributed by atoms with van der Waals surface area (Å²) in [6, 6.07) is 8.66. The van der Waals surface area contributed by atoms with Crippen molar-refractivity contribution in [1.82, 2.24) is 19.6 Å². The van der Waals surface area contributed by atoms with Crippen LogP contribution in [0.3, 0.4) is 0 Å². The van der Waals surface area contributed by atoms with Crippen LogP contribution in [0.25, 0.3) is 11.0 Å². The van der Waals surface area contributed by atoms with Gasteiger partial charge in [-0.1, -0.05) is 18.2 Å². The quantitative estimate of drug-likeness (QED) is 0.110. The number of aliphatic hydroxyl groups excluding tert-OH is 2. The second-order valence-corrected chi connectivity index (χ2v) is 10.8. The normalized spacial score (nSPS) is 23.5. The summed E-state index contributed by atoms with van der Waals surface area (Å²) in [6.07, 6.45) is -4.10. The lowest BCUT2D eigenvalue weighted by molar-refractivity contribution is -0.149. The molecule has 0 amide bonds. The van der Waals surface area contributed by atoms with Gasteiger partial charge in [0.2, 0.25) is 5.95 Å². The molecule has 212 valence electrons. The number of anilines is 2. The van der Waals surface area contributed by atoms with Gasteiger partial charge in [-0.2, -0.15) is 15.1 Å². The average molecular weight is 567 g/mol. The van der Waals surface area contributed by atoms with E-state index >= 15 is 0 Å². The number of fused-ring (bicyclic) bond motifs is 1. The molecule has 16 heteroatoms. The van der Waals surface area contributed by atoms with Gasteiger partial charge in [0, 0.05) is 6.20 Å². The number of nitrogens with zero attached hydrogens (tertiary/aromatic N) is 3. The van der Waals surface area contributed by atoms with Crippen LogP contribution in [-0.2, 0) is 23.4 Å². The van der Waals surface area contributed by atoms with E-state index in [9.17, 15) is 24.8 Å². The first-order valence-corrected chi connectivity index (χ1v) is 13.6. The maximum Gasteiger partial charge on any atom is 0.459 e. The predicted octanol–water partition coefficient (Wildman–Crippen LogP) is 1.57. The molecule has 4 rings (SSSR count).